The van der Waals surface area contributed by atoms with Crippen LogP contribution in [0.3, 0.4) is 0 Å². The van der Waals surface area contributed by atoms with Crippen molar-refractivity contribution >= 4 is 11.7 Å². The van der Waals surface area contributed by atoms with E-state index in [-0.39, 0.29) is 12.1 Å². The zero-order valence-corrected chi connectivity index (χ0v) is 23.3. The number of aryl methyl sites for hydroxylation is 1. The van der Waals surface area contributed by atoms with E-state index in [4.69, 9.17) is 9.72 Å². The van der Waals surface area contributed by atoms with E-state index in [1.54, 1.807) is 0 Å². The van der Waals surface area contributed by atoms with Gasteiger partial charge in [-0.15, -0.1) is 0 Å². The molecule has 3 heterocycles. The number of imidazole rings is 1. The second kappa shape index (κ2) is 9.97. The highest BCUT2D eigenvalue weighted by Gasteiger charge is 2.44. The first-order valence-electron chi connectivity index (χ1n) is 14.1. The van der Waals surface area contributed by atoms with E-state index in [0.29, 0.717) is 19.7 Å². The van der Waals surface area contributed by atoms with Crippen LogP contribution in [0.5, 0.6) is 5.75 Å². The molecule has 2 aliphatic heterocycles. The average molecular weight is 541 g/mol. The number of urea groups is 1. The summed E-state index contributed by atoms with van der Waals surface area (Å²) in [7, 11) is 0. The highest BCUT2D eigenvalue weighted by molar-refractivity contribution is 5.97. The molecule has 1 unspecified atom stereocenters. The fraction of sp³-hybridized carbons (Fsp3) is 0.200. The van der Waals surface area contributed by atoms with Crippen LogP contribution in [0.25, 0.3) is 0 Å². The third kappa shape index (κ3) is 3.93. The zero-order chi connectivity index (χ0) is 28.0. The number of hydrogen-bond acceptors (Lipinski definition) is 3. The zero-order valence-electron chi connectivity index (χ0n) is 23.3. The van der Waals surface area contributed by atoms with Crippen molar-refractivity contribution in [3.8, 4) is 5.75 Å². The van der Waals surface area contributed by atoms with Gasteiger partial charge in [-0.05, 0) is 42.2 Å². The molecule has 2 aliphatic rings. The summed E-state index contributed by atoms with van der Waals surface area (Å²) in [6, 6.07) is 37.7. The van der Waals surface area contributed by atoms with Crippen molar-refractivity contribution in [2.75, 3.05) is 18.1 Å². The Morgan fingerprint density at radius 3 is 1.98 bits per heavy atom. The molecule has 1 fully saturated rings. The molecule has 6 nitrogen and oxygen atoms in total. The van der Waals surface area contributed by atoms with E-state index in [9.17, 15) is 4.79 Å². The number of carbonyl (C=O) groups excluding carboxylic acids is 1. The van der Waals surface area contributed by atoms with Gasteiger partial charge in [0.2, 0.25) is 0 Å². The second-order valence-corrected chi connectivity index (χ2v) is 10.9. The quantitative estimate of drug-likeness (QED) is 0.230. The Kier molecular flexibility index (Phi) is 6.11. The van der Waals surface area contributed by atoms with Gasteiger partial charge in [0.1, 0.15) is 17.9 Å². The van der Waals surface area contributed by atoms with Crippen LogP contribution in [0.15, 0.2) is 116 Å². The molecule has 0 N–H and O–H groups in total. The van der Waals surface area contributed by atoms with Crippen LogP contribution in [-0.2, 0) is 12.1 Å². The predicted molar refractivity (Wildman–Crippen MR) is 160 cm³/mol. The number of ether oxygens (including phenoxy) is 1. The molecule has 0 saturated carbocycles. The average Bonchev–Trinajstić information content (AvgIpc) is 3.54. The van der Waals surface area contributed by atoms with Crippen LogP contribution in [-0.4, -0.2) is 39.7 Å². The highest BCUT2D eigenvalue weighted by Crippen LogP contribution is 2.43. The van der Waals surface area contributed by atoms with Crippen molar-refractivity contribution in [3.63, 3.8) is 0 Å². The SMILES string of the molecule is Cc1cccc2c1OCC1CN(Cc3ncn(C(c4ccccc4)(c4ccccc4)c4ccccc4)c3C)C(=O)N21. The van der Waals surface area contributed by atoms with Crippen LogP contribution in [0, 0.1) is 13.8 Å². The minimum atomic E-state index is -0.643. The third-order valence-electron chi connectivity index (χ3n) is 8.53. The summed E-state index contributed by atoms with van der Waals surface area (Å²) in [5.41, 5.74) is 6.58. The van der Waals surface area contributed by atoms with Gasteiger partial charge in [0.25, 0.3) is 0 Å². The molecular formula is C35H32N4O2. The molecule has 0 aliphatic carbocycles. The number of carbonyl (C=O) groups is 1. The van der Waals surface area contributed by atoms with Gasteiger partial charge < -0.3 is 14.2 Å². The van der Waals surface area contributed by atoms with Gasteiger partial charge in [0.05, 0.1) is 30.3 Å². The molecule has 41 heavy (non-hydrogen) atoms. The van der Waals surface area contributed by atoms with Gasteiger partial charge in [-0.2, -0.15) is 0 Å². The number of fused-ring (bicyclic) bond motifs is 3. The number of para-hydroxylation sites is 1. The first kappa shape index (κ1) is 25.1. The molecular weight excluding hydrogens is 508 g/mol. The minimum Gasteiger partial charge on any atom is -0.489 e. The van der Waals surface area contributed by atoms with Gasteiger partial charge in [-0.1, -0.05) is 103 Å². The second-order valence-electron chi connectivity index (χ2n) is 10.9. The lowest BCUT2D eigenvalue weighted by molar-refractivity contribution is 0.217. The lowest BCUT2D eigenvalue weighted by atomic mass is 9.76. The van der Waals surface area contributed by atoms with Gasteiger partial charge in [-0.25, -0.2) is 9.78 Å². The normalized spacial score (nSPS) is 16.3. The summed E-state index contributed by atoms with van der Waals surface area (Å²) in [6.07, 6.45) is 1.94. The van der Waals surface area contributed by atoms with Crippen LogP contribution in [0.2, 0.25) is 0 Å². The van der Waals surface area contributed by atoms with Gasteiger partial charge in [0.15, 0.2) is 0 Å². The van der Waals surface area contributed by atoms with Crippen LogP contribution >= 0.6 is 0 Å². The smallest absolute Gasteiger partial charge is 0.325 e. The molecule has 0 bridgehead atoms. The number of anilines is 1. The van der Waals surface area contributed by atoms with Crippen LogP contribution in [0.1, 0.15) is 33.6 Å². The largest absolute Gasteiger partial charge is 0.489 e. The lowest BCUT2D eigenvalue weighted by Gasteiger charge is -2.38. The van der Waals surface area contributed by atoms with Gasteiger partial charge in [0, 0.05) is 12.2 Å². The lowest BCUT2D eigenvalue weighted by Crippen LogP contribution is -2.41. The topological polar surface area (TPSA) is 50.6 Å². The van der Waals surface area contributed by atoms with Crippen molar-refractivity contribution in [2.24, 2.45) is 0 Å². The van der Waals surface area contributed by atoms with E-state index in [2.05, 4.69) is 84.3 Å². The predicted octanol–water partition coefficient (Wildman–Crippen LogP) is 6.54. The third-order valence-corrected chi connectivity index (χ3v) is 8.53. The molecule has 0 radical (unpaired) electrons. The number of benzene rings is 4. The molecule has 6 heteroatoms. The summed E-state index contributed by atoms with van der Waals surface area (Å²) in [5, 5.41) is 0. The van der Waals surface area contributed by atoms with Crippen LogP contribution in [0.4, 0.5) is 10.5 Å². The van der Waals surface area contributed by atoms with Crippen molar-refractivity contribution in [1.29, 1.82) is 0 Å². The molecule has 204 valence electrons. The van der Waals surface area contributed by atoms with E-state index >= 15 is 0 Å². The fourth-order valence-electron chi connectivity index (χ4n) is 6.55. The Balaban J connectivity index is 1.31. The maximum Gasteiger partial charge on any atom is 0.325 e. The summed E-state index contributed by atoms with van der Waals surface area (Å²) < 4.78 is 8.37. The minimum absolute atomic E-state index is 0.000425. The first-order valence-corrected chi connectivity index (χ1v) is 14.1. The van der Waals surface area contributed by atoms with E-state index in [1.165, 1.54) is 0 Å². The number of nitrogens with zero attached hydrogens (tertiary/aromatic N) is 4. The van der Waals surface area contributed by atoms with Crippen molar-refractivity contribution in [2.45, 2.75) is 32.0 Å². The Hall–Kier alpha value is -4.84. The van der Waals surface area contributed by atoms with Gasteiger partial charge >= 0.3 is 6.03 Å². The van der Waals surface area contributed by atoms with Gasteiger partial charge in [-0.3, -0.25) is 4.90 Å². The molecule has 2 amide bonds. The summed E-state index contributed by atoms with van der Waals surface area (Å²) in [6.45, 7) is 5.65. The van der Waals surface area contributed by atoms with E-state index < -0.39 is 5.54 Å². The molecule has 1 atom stereocenters. The molecule has 1 aromatic heterocycles. The number of hydrogen-bond donors (Lipinski definition) is 0. The number of rotatable bonds is 6. The Bertz CT molecular complexity index is 1600. The van der Waals surface area contributed by atoms with Crippen LogP contribution < -0.4 is 9.64 Å². The Morgan fingerprint density at radius 1 is 0.805 bits per heavy atom. The first-order chi connectivity index (χ1) is 20.1. The molecule has 5 aromatic rings. The number of aromatic nitrogens is 2. The molecule has 7 rings (SSSR count). The maximum atomic E-state index is 13.8. The molecule has 4 aromatic carbocycles. The standard InChI is InChI=1S/C35H32N4O2/c1-25-13-12-20-32-33(25)41-23-30-21-37(34(40)39(30)32)22-31-26(2)38(24-36-31)35(27-14-6-3-7-15-27,28-16-8-4-9-17-28)29-18-10-5-11-19-29/h3-20,24,30H,21-23H2,1-2H3. The van der Waals surface area contributed by atoms with E-state index in [0.717, 1.165) is 45.1 Å². The van der Waals surface area contributed by atoms with Crippen molar-refractivity contribution in [3.05, 3.63) is 149 Å². The summed E-state index contributed by atoms with van der Waals surface area (Å²) in [4.78, 5) is 22.5. The molecule has 1 saturated heterocycles. The fourth-order valence-corrected chi connectivity index (χ4v) is 6.55. The Labute approximate surface area is 240 Å². The van der Waals surface area contributed by atoms with E-state index in [1.807, 2.05) is 59.4 Å². The van der Waals surface area contributed by atoms with Crippen molar-refractivity contribution < 1.29 is 9.53 Å². The maximum absolute atomic E-state index is 13.8. The Morgan fingerprint density at radius 2 is 1.39 bits per heavy atom. The summed E-state index contributed by atoms with van der Waals surface area (Å²) >= 11 is 0. The monoisotopic (exact) mass is 540 g/mol. The molecule has 0 spiro atoms. The van der Waals surface area contributed by atoms with Crippen molar-refractivity contribution in [1.82, 2.24) is 14.5 Å². The summed E-state index contributed by atoms with van der Waals surface area (Å²) in [5.74, 6) is 0.803. The highest BCUT2D eigenvalue weighted by atomic mass is 16.5. The number of amides is 2.